The average molecular weight is 316 g/mol. The van der Waals surface area contributed by atoms with Crippen LogP contribution in [0.25, 0.3) is 0 Å². The summed E-state index contributed by atoms with van der Waals surface area (Å²) in [5.74, 6) is 2.50. The van der Waals surface area contributed by atoms with Crippen LogP contribution in [0.2, 0.25) is 0 Å². The maximum absolute atomic E-state index is 4.91. The molecule has 0 saturated carbocycles. The van der Waals surface area contributed by atoms with Gasteiger partial charge in [0.1, 0.15) is 0 Å². The number of piperazine rings is 1. The van der Waals surface area contributed by atoms with E-state index in [2.05, 4.69) is 50.6 Å². The van der Waals surface area contributed by atoms with Gasteiger partial charge in [-0.2, -0.15) is 0 Å². The van der Waals surface area contributed by atoms with Gasteiger partial charge in [0.05, 0.1) is 0 Å². The minimum absolute atomic E-state index is 0.259. The topological polar surface area (TPSA) is 32.3 Å². The number of anilines is 1. The van der Waals surface area contributed by atoms with Crippen LogP contribution in [0.4, 0.5) is 5.95 Å². The lowest BCUT2D eigenvalue weighted by Gasteiger charge is -2.42. The third kappa shape index (κ3) is 3.68. The maximum Gasteiger partial charge on any atom is 0.225 e. The highest BCUT2D eigenvalue weighted by Crippen LogP contribution is 2.30. The summed E-state index contributed by atoms with van der Waals surface area (Å²) in [4.78, 5) is 14.5. The van der Waals surface area contributed by atoms with Crippen LogP contribution >= 0.6 is 0 Å². The van der Waals surface area contributed by atoms with E-state index in [1.54, 1.807) is 0 Å². The molecular weight excluding hydrogens is 284 g/mol. The zero-order valence-electron chi connectivity index (χ0n) is 15.5. The molecule has 1 fully saturated rings. The minimum Gasteiger partial charge on any atom is -0.338 e. The van der Waals surface area contributed by atoms with E-state index >= 15 is 0 Å². The van der Waals surface area contributed by atoms with Crippen LogP contribution in [0.5, 0.6) is 0 Å². The zero-order valence-corrected chi connectivity index (χ0v) is 15.5. The molecule has 1 aromatic rings. The van der Waals surface area contributed by atoms with Crippen molar-refractivity contribution in [1.82, 2.24) is 14.9 Å². The summed E-state index contributed by atoms with van der Waals surface area (Å²) in [6.07, 6.45) is 5.65. The van der Waals surface area contributed by atoms with E-state index in [4.69, 9.17) is 9.97 Å². The van der Waals surface area contributed by atoms with E-state index in [1.807, 2.05) is 0 Å². The van der Waals surface area contributed by atoms with E-state index in [-0.39, 0.29) is 5.54 Å². The predicted molar refractivity (Wildman–Crippen MR) is 95.9 cm³/mol. The number of aromatic nitrogens is 2. The molecule has 1 aliphatic carbocycles. The molecule has 2 heterocycles. The van der Waals surface area contributed by atoms with Crippen LogP contribution in [-0.2, 0) is 12.8 Å². The van der Waals surface area contributed by atoms with Crippen molar-refractivity contribution in [2.45, 2.75) is 59.4 Å². The lowest BCUT2D eigenvalue weighted by atomic mass is 9.80. The molecule has 1 unspecified atom stereocenters. The highest BCUT2D eigenvalue weighted by molar-refractivity contribution is 5.35. The first-order valence-electron chi connectivity index (χ1n) is 9.19. The molecule has 23 heavy (non-hydrogen) atoms. The summed E-state index contributed by atoms with van der Waals surface area (Å²) in [6, 6.07) is 0. The second kappa shape index (κ2) is 6.39. The van der Waals surface area contributed by atoms with Crippen LogP contribution in [0.3, 0.4) is 0 Å². The minimum atomic E-state index is 0.259. The molecular formula is C19H32N4. The fraction of sp³-hybridized carbons (Fsp3) is 0.789. The quantitative estimate of drug-likeness (QED) is 0.839. The van der Waals surface area contributed by atoms with Crippen molar-refractivity contribution in [2.75, 3.05) is 31.1 Å². The number of hydrogen-bond acceptors (Lipinski definition) is 4. The van der Waals surface area contributed by atoms with Gasteiger partial charge in [0.2, 0.25) is 5.95 Å². The molecule has 3 rings (SSSR count). The molecule has 1 atom stereocenters. The molecule has 0 spiro atoms. The van der Waals surface area contributed by atoms with E-state index in [9.17, 15) is 0 Å². The largest absolute Gasteiger partial charge is 0.338 e. The third-order valence-corrected chi connectivity index (χ3v) is 5.63. The van der Waals surface area contributed by atoms with Gasteiger partial charge in [0.15, 0.2) is 0 Å². The molecule has 2 aliphatic rings. The molecule has 0 bridgehead atoms. The second-order valence-electron chi connectivity index (χ2n) is 8.53. The first-order valence-corrected chi connectivity index (χ1v) is 9.19. The van der Waals surface area contributed by atoms with Crippen molar-refractivity contribution in [2.24, 2.45) is 11.8 Å². The number of nitrogens with zero attached hydrogens (tertiary/aromatic N) is 4. The summed E-state index contributed by atoms with van der Waals surface area (Å²) < 4.78 is 0. The summed E-state index contributed by atoms with van der Waals surface area (Å²) in [7, 11) is 0. The summed E-state index contributed by atoms with van der Waals surface area (Å²) in [5, 5.41) is 0. The first-order chi connectivity index (χ1) is 10.8. The Hall–Kier alpha value is -1.16. The van der Waals surface area contributed by atoms with Gasteiger partial charge in [0, 0.05) is 43.6 Å². The SMILES string of the molecule is CC(C)C1CCc2nc(N3CCN(C(C)(C)C)CC3)ncc2C1. The molecule has 128 valence electrons. The van der Waals surface area contributed by atoms with Gasteiger partial charge >= 0.3 is 0 Å². The van der Waals surface area contributed by atoms with E-state index < -0.39 is 0 Å². The Balaban J connectivity index is 1.67. The second-order valence-corrected chi connectivity index (χ2v) is 8.53. The van der Waals surface area contributed by atoms with Crippen molar-refractivity contribution in [3.63, 3.8) is 0 Å². The fourth-order valence-corrected chi connectivity index (χ4v) is 3.82. The normalized spacial score (nSPS) is 23.2. The van der Waals surface area contributed by atoms with Crippen molar-refractivity contribution >= 4 is 5.95 Å². The molecule has 4 nitrogen and oxygen atoms in total. The molecule has 0 amide bonds. The van der Waals surface area contributed by atoms with Crippen LogP contribution in [0, 0.1) is 11.8 Å². The zero-order chi connectivity index (χ0) is 16.6. The monoisotopic (exact) mass is 316 g/mol. The van der Waals surface area contributed by atoms with Gasteiger partial charge < -0.3 is 4.90 Å². The van der Waals surface area contributed by atoms with Crippen molar-refractivity contribution in [3.8, 4) is 0 Å². The Kier molecular flexibility index (Phi) is 4.63. The van der Waals surface area contributed by atoms with Crippen LogP contribution < -0.4 is 4.90 Å². The molecule has 0 radical (unpaired) electrons. The Morgan fingerprint density at radius 3 is 2.43 bits per heavy atom. The molecule has 0 N–H and O–H groups in total. The van der Waals surface area contributed by atoms with Crippen molar-refractivity contribution < 1.29 is 0 Å². The third-order valence-electron chi connectivity index (χ3n) is 5.63. The summed E-state index contributed by atoms with van der Waals surface area (Å²) in [5.41, 5.74) is 2.94. The van der Waals surface area contributed by atoms with Gasteiger partial charge in [-0.3, -0.25) is 4.90 Å². The average Bonchev–Trinajstić information content (AvgIpc) is 2.53. The Labute approximate surface area is 141 Å². The maximum atomic E-state index is 4.91. The number of fused-ring (bicyclic) bond motifs is 1. The Morgan fingerprint density at radius 1 is 1.13 bits per heavy atom. The number of hydrogen-bond donors (Lipinski definition) is 0. The Bertz CT molecular complexity index is 539. The molecule has 1 saturated heterocycles. The predicted octanol–water partition coefficient (Wildman–Crippen LogP) is 3.16. The standard InChI is InChI=1S/C19H32N4/c1-14(2)15-6-7-17-16(12-15)13-20-18(21-17)22-8-10-23(11-9-22)19(3,4)5/h13-15H,6-12H2,1-5H3. The summed E-state index contributed by atoms with van der Waals surface area (Å²) in [6.45, 7) is 15.8. The number of rotatable bonds is 2. The molecule has 1 aliphatic heterocycles. The van der Waals surface area contributed by atoms with Gasteiger partial charge in [-0.15, -0.1) is 0 Å². The molecule has 1 aromatic heterocycles. The fourth-order valence-electron chi connectivity index (χ4n) is 3.82. The molecule has 0 aromatic carbocycles. The smallest absolute Gasteiger partial charge is 0.225 e. The number of aryl methyl sites for hydroxylation is 1. The van der Waals surface area contributed by atoms with Gasteiger partial charge in [-0.1, -0.05) is 13.8 Å². The highest BCUT2D eigenvalue weighted by atomic mass is 15.3. The first kappa shape index (κ1) is 16.7. The molecule has 4 heteroatoms. The van der Waals surface area contributed by atoms with E-state index in [0.717, 1.165) is 56.8 Å². The highest BCUT2D eigenvalue weighted by Gasteiger charge is 2.28. The van der Waals surface area contributed by atoms with E-state index in [1.165, 1.54) is 17.7 Å². The lowest BCUT2D eigenvalue weighted by Crippen LogP contribution is -2.53. The van der Waals surface area contributed by atoms with Gasteiger partial charge in [-0.25, -0.2) is 9.97 Å². The van der Waals surface area contributed by atoms with Gasteiger partial charge in [0.25, 0.3) is 0 Å². The van der Waals surface area contributed by atoms with Crippen LogP contribution in [-0.4, -0.2) is 46.6 Å². The van der Waals surface area contributed by atoms with Crippen LogP contribution in [0.1, 0.15) is 52.3 Å². The summed E-state index contributed by atoms with van der Waals surface area (Å²) >= 11 is 0. The van der Waals surface area contributed by atoms with Crippen molar-refractivity contribution in [1.29, 1.82) is 0 Å². The van der Waals surface area contributed by atoms with Crippen molar-refractivity contribution in [3.05, 3.63) is 17.5 Å². The Morgan fingerprint density at radius 2 is 1.83 bits per heavy atom. The lowest BCUT2D eigenvalue weighted by molar-refractivity contribution is 0.128. The van der Waals surface area contributed by atoms with Crippen LogP contribution in [0.15, 0.2) is 6.20 Å². The van der Waals surface area contributed by atoms with E-state index in [0.29, 0.717) is 0 Å². The van der Waals surface area contributed by atoms with Gasteiger partial charge in [-0.05, 0) is 57.4 Å².